The summed E-state index contributed by atoms with van der Waals surface area (Å²) < 4.78 is 1.94. The molecule has 0 aliphatic rings. The second-order valence-corrected chi connectivity index (χ2v) is 5.27. The quantitative estimate of drug-likeness (QED) is 0.683. The molecule has 4 heteroatoms. The lowest BCUT2D eigenvalue weighted by molar-refractivity contribution is -0.119. The monoisotopic (exact) mass is 326 g/mol. The molecule has 1 aromatic heterocycles. The van der Waals surface area contributed by atoms with Gasteiger partial charge in [0.25, 0.3) is 0 Å². The molecule has 0 bridgehead atoms. The van der Waals surface area contributed by atoms with Gasteiger partial charge < -0.3 is 4.57 Å². The Balaban J connectivity index is 0.00000192. The fourth-order valence-electron chi connectivity index (χ4n) is 2.66. The van der Waals surface area contributed by atoms with Gasteiger partial charge in [0.05, 0.1) is 12.2 Å². The Morgan fingerprint density at radius 1 is 0.957 bits per heavy atom. The molecule has 23 heavy (non-hydrogen) atoms. The Kier molecular flexibility index (Phi) is 6.12. The van der Waals surface area contributed by atoms with Crippen LogP contribution in [-0.4, -0.2) is 15.3 Å². The van der Waals surface area contributed by atoms with E-state index in [4.69, 9.17) is 0 Å². The third kappa shape index (κ3) is 4.30. The van der Waals surface area contributed by atoms with Gasteiger partial charge in [-0.2, -0.15) is 0 Å². The number of Topliss-reactive ketones (excluding diaryl/α,β-unsaturated/α-hetero) is 1. The number of ketones is 1. The normalized spacial score (nSPS) is 10.3. The van der Waals surface area contributed by atoms with Crippen LogP contribution in [0.4, 0.5) is 0 Å². The molecule has 0 amide bonds. The van der Waals surface area contributed by atoms with Gasteiger partial charge in [-0.25, -0.2) is 4.98 Å². The molecule has 0 unspecified atom stereocenters. The molecular weight excluding hydrogens is 308 g/mol. The zero-order chi connectivity index (χ0) is 15.2. The lowest BCUT2D eigenvalue weighted by atomic mass is 9.86. The Bertz CT molecular complexity index is 672. The van der Waals surface area contributed by atoms with Crippen LogP contribution in [0, 0.1) is 0 Å². The fourth-order valence-corrected chi connectivity index (χ4v) is 2.66. The van der Waals surface area contributed by atoms with Crippen LogP contribution in [0.15, 0.2) is 79.4 Å². The van der Waals surface area contributed by atoms with Gasteiger partial charge in [-0.3, -0.25) is 4.79 Å². The summed E-state index contributed by atoms with van der Waals surface area (Å²) in [6, 6.07) is 20.0. The fraction of sp³-hybridized carbons (Fsp3) is 0.158. The molecule has 3 rings (SSSR count). The van der Waals surface area contributed by atoms with Crippen LogP contribution in [0.1, 0.15) is 23.5 Å². The molecule has 3 aromatic rings. The van der Waals surface area contributed by atoms with Crippen molar-refractivity contribution in [1.29, 1.82) is 0 Å². The number of hydrogen-bond acceptors (Lipinski definition) is 2. The number of imidazole rings is 1. The molecule has 0 atom stereocenters. The molecule has 0 saturated carbocycles. The van der Waals surface area contributed by atoms with Gasteiger partial charge in [-0.15, -0.1) is 12.4 Å². The Morgan fingerprint density at radius 3 is 2.00 bits per heavy atom. The van der Waals surface area contributed by atoms with E-state index in [1.807, 2.05) is 71.4 Å². The number of halogens is 1. The van der Waals surface area contributed by atoms with Gasteiger partial charge in [0, 0.05) is 25.4 Å². The largest absolute Gasteiger partial charge is 0.337 e. The van der Waals surface area contributed by atoms with E-state index < -0.39 is 0 Å². The standard InChI is InChI=1S/C19H18N2O.ClH/c22-18(11-13-21-14-12-20-15-21)19(16-7-3-1-4-8-16)17-9-5-2-6-10-17;/h1-10,12,14-15,19H,11,13H2;1H. The first-order valence-corrected chi connectivity index (χ1v) is 7.43. The van der Waals surface area contributed by atoms with Gasteiger partial charge in [-0.05, 0) is 11.1 Å². The van der Waals surface area contributed by atoms with E-state index >= 15 is 0 Å². The third-order valence-electron chi connectivity index (χ3n) is 3.76. The highest BCUT2D eigenvalue weighted by Gasteiger charge is 2.21. The average molecular weight is 327 g/mol. The zero-order valence-electron chi connectivity index (χ0n) is 12.7. The number of nitrogens with zero attached hydrogens (tertiary/aromatic N) is 2. The van der Waals surface area contributed by atoms with Crippen molar-refractivity contribution >= 4 is 18.2 Å². The van der Waals surface area contributed by atoms with Gasteiger partial charge in [0.15, 0.2) is 0 Å². The molecule has 0 radical (unpaired) electrons. The topological polar surface area (TPSA) is 34.9 Å². The maximum atomic E-state index is 12.8. The van der Waals surface area contributed by atoms with Crippen LogP contribution in [0.25, 0.3) is 0 Å². The summed E-state index contributed by atoms with van der Waals surface area (Å²) in [6.07, 6.45) is 5.85. The second kappa shape index (κ2) is 8.30. The van der Waals surface area contributed by atoms with Crippen LogP contribution < -0.4 is 0 Å². The summed E-state index contributed by atoms with van der Waals surface area (Å²) in [4.78, 5) is 16.8. The van der Waals surface area contributed by atoms with E-state index in [9.17, 15) is 4.79 Å². The smallest absolute Gasteiger partial charge is 0.146 e. The van der Waals surface area contributed by atoms with E-state index in [0.717, 1.165) is 11.1 Å². The molecule has 0 aliphatic carbocycles. The minimum atomic E-state index is -0.203. The van der Waals surface area contributed by atoms with Crippen LogP contribution in [-0.2, 0) is 11.3 Å². The Labute approximate surface area is 142 Å². The van der Waals surface area contributed by atoms with E-state index in [1.165, 1.54) is 0 Å². The lowest BCUT2D eigenvalue weighted by Gasteiger charge is -2.17. The lowest BCUT2D eigenvalue weighted by Crippen LogP contribution is -2.16. The van der Waals surface area contributed by atoms with Crippen LogP contribution >= 0.6 is 12.4 Å². The molecule has 0 N–H and O–H groups in total. The van der Waals surface area contributed by atoms with Gasteiger partial charge in [0.1, 0.15) is 5.78 Å². The van der Waals surface area contributed by atoms with E-state index in [1.54, 1.807) is 12.5 Å². The number of carbonyl (C=O) groups is 1. The number of aromatic nitrogens is 2. The zero-order valence-corrected chi connectivity index (χ0v) is 13.5. The van der Waals surface area contributed by atoms with Crippen molar-refractivity contribution in [3.05, 3.63) is 90.5 Å². The SMILES string of the molecule is Cl.O=C(CCn1ccnc1)C(c1ccccc1)c1ccccc1. The molecule has 3 nitrogen and oxygen atoms in total. The predicted molar refractivity (Wildman–Crippen MR) is 93.8 cm³/mol. The summed E-state index contributed by atoms with van der Waals surface area (Å²) in [6.45, 7) is 0.662. The molecule has 0 saturated heterocycles. The molecule has 0 fully saturated rings. The van der Waals surface area contributed by atoms with Crippen LogP contribution in [0.2, 0.25) is 0 Å². The first kappa shape index (κ1) is 17.0. The van der Waals surface area contributed by atoms with Crippen molar-refractivity contribution in [3.8, 4) is 0 Å². The predicted octanol–water partition coefficient (Wildman–Crippen LogP) is 4.10. The third-order valence-corrected chi connectivity index (χ3v) is 3.76. The van der Waals surface area contributed by atoms with E-state index in [-0.39, 0.29) is 24.1 Å². The number of hydrogen-bond donors (Lipinski definition) is 0. The van der Waals surface area contributed by atoms with Crippen molar-refractivity contribution in [2.24, 2.45) is 0 Å². The maximum absolute atomic E-state index is 12.8. The second-order valence-electron chi connectivity index (χ2n) is 5.27. The van der Waals surface area contributed by atoms with Gasteiger partial charge >= 0.3 is 0 Å². The highest BCUT2D eigenvalue weighted by Crippen LogP contribution is 2.26. The minimum absolute atomic E-state index is 0. The molecule has 118 valence electrons. The first-order valence-electron chi connectivity index (χ1n) is 7.43. The number of benzene rings is 2. The number of carbonyl (C=O) groups excluding carboxylic acids is 1. The summed E-state index contributed by atoms with van der Waals surface area (Å²) in [5, 5.41) is 0. The number of aryl methyl sites for hydroxylation is 1. The summed E-state index contributed by atoms with van der Waals surface area (Å²) in [5.74, 6) is 0.0250. The summed E-state index contributed by atoms with van der Waals surface area (Å²) in [5.41, 5.74) is 2.09. The Morgan fingerprint density at radius 2 is 1.52 bits per heavy atom. The molecular formula is C19H19ClN2O. The van der Waals surface area contributed by atoms with Crippen LogP contribution in [0.3, 0.4) is 0 Å². The number of rotatable bonds is 6. The maximum Gasteiger partial charge on any atom is 0.146 e. The van der Waals surface area contributed by atoms with Crippen molar-refractivity contribution in [3.63, 3.8) is 0 Å². The summed E-state index contributed by atoms with van der Waals surface area (Å²) >= 11 is 0. The van der Waals surface area contributed by atoms with Gasteiger partial charge in [-0.1, -0.05) is 60.7 Å². The minimum Gasteiger partial charge on any atom is -0.337 e. The average Bonchev–Trinajstić information content (AvgIpc) is 3.09. The molecule has 0 spiro atoms. The molecule has 0 aliphatic heterocycles. The molecule has 1 heterocycles. The van der Waals surface area contributed by atoms with E-state index in [0.29, 0.717) is 13.0 Å². The molecule has 2 aromatic carbocycles. The van der Waals surface area contributed by atoms with Crippen molar-refractivity contribution in [2.45, 2.75) is 18.9 Å². The van der Waals surface area contributed by atoms with Crippen LogP contribution in [0.5, 0.6) is 0 Å². The van der Waals surface area contributed by atoms with Crippen molar-refractivity contribution in [1.82, 2.24) is 9.55 Å². The van der Waals surface area contributed by atoms with Crippen molar-refractivity contribution < 1.29 is 4.79 Å². The first-order chi connectivity index (χ1) is 10.8. The summed E-state index contributed by atoms with van der Waals surface area (Å²) in [7, 11) is 0. The van der Waals surface area contributed by atoms with E-state index in [2.05, 4.69) is 4.98 Å². The van der Waals surface area contributed by atoms with Gasteiger partial charge in [0.2, 0.25) is 0 Å². The highest BCUT2D eigenvalue weighted by molar-refractivity contribution is 5.89. The van der Waals surface area contributed by atoms with Crippen molar-refractivity contribution in [2.75, 3.05) is 0 Å². The highest BCUT2D eigenvalue weighted by atomic mass is 35.5. The Hall–Kier alpha value is -2.39.